The molecule has 36 heavy (non-hydrogen) atoms. The Hall–Kier alpha value is -3.77. The van der Waals surface area contributed by atoms with Gasteiger partial charge in [0.1, 0.15) is 18.0 Å². The number of nitrogens with zero attached hydrogens (tertiary/aromatic N) is 2. The number of benzene rings is 3. The largest absolute Gasteiger partial charge is 0.497 e. The highest BCUT2D eigenvalue weighted by Crippen LogP contribution is 2.35. The molecule has 0 bridgehead atoms. The van der Waals surface area contributed by atoms with Gasteiger partial charge in [-0.05, 0) is 42.5 Å². The minimum Gasteiger partial charge on any atom is -0.497 e. The number of nitrogens with one attached hydrogen (secondary N) is 1. The normalized spacial score (nSPS) is 11.4. The number of carbonyl (C=O) groups is 1. The molecule has 192 valence electrons. The van der Waals surface area contributed by atoms with Crippen molar-refractivity contribution in [2.75, 3.05) is 48.0 Å². The number of amides is 1. The zero-order valence-electron chi connectivity index (χ0n) is 20.2. The maximum Gasteiger partial charge on any atom is 0.264 e. The van der Waals surface area contributed by atoms with Gasteiger partial charge in [0, 0.05) is 18.8 Å². The Kier molecular flexibility index (Phi) is 8.10. The number of hydrogen-bond acceptors (Lipinski definition) is 7. The quantitative estimate of drug-likeness (QED) is 0.425. The summed E-state index contributed by atoms with van der Waals surface area (Å²) in [6.45, 7) is -0.590. The Balaban J connectivity index is 2.00. The molecule has 3 rings (SSSR count). The van der Waals surface area contributed by atoms with Crippen molar-refractivity contribution in [3.63, 3.8) is 0 Å². The Morgan fingerprint density at radius 1 is 0.889 bits per heavy atom. The summed E-state index contributed by atoms with van der Waals surface area (Å²) in [4.78, 5) is 13.1. The monoisotopic (exact) mass is 533 g/mol. The van der Waals surface area contributed by atoms with E-state index in [1.54, 1.807) is 48.5 Å². The van der Waals surface area contributed by atoms with Crippen LogP contribution in [0.1, 0.15) is 0 Å². The van der Waals surface area contributed by atoms with Crippen LogP contribution in [0.25, 0.3) is 0 Å². The van der Waals surface area contributed by atoms with Crippen LogP contribution in [0.2, 0.25) is 0 Å². The van der Waals surface area contributed by atoms with E-state index in [0.717, 1.165) is 14.9 Å². The third-order valence-corrected chi connectivity index (χ3v) is 8.24. The molecule has 0 aliphatic carbocycles. The number of methoxy groups -OCH3 is 2. The molecule has 1 amide bonds. The van der Waals surface area contributed by atoms with E-state index >= 15 is 0 Å². The van der Waals surface area contributed by atoms with Crippen molar-refractivity contribution in [1.29, 1.82) is 0 Å². The summed E-state index contributed by atoms with van der Waals surface area (Å²) in [7, 11) is -3.48. The zero-order chi connectivity index (χ0) is 26.5. The molecule has 12 heteroatoms. The molecule has 0 radical (unpaired) electrons. The maximum atomic E-state index is 13.6. The molecule has 0 aliphatic rings. The van der Waals surface area contributed by atoms with Gasteiger partial charge in [0.25, 0.3) is 10.0 Å². The van der Waals surface area contributed by atoms with Crippen molar-refractivity contribution in [3.05, 3.63) is 72.8 Å². The van der Waals surface area contributed by atoms with Crippen LogP contribution in [0.15, 0.2) is 77.7 Å². The van der Waals surface area contributed by atoms with Crippen molar-refractivity contribution < 1.29 is 31.1 Å². The van der Waals surface area contributed by atoms with Crippen molar-refractivity contribution in [2.45, 2.75) is 4.90 Å². The second kappa shape index (κ2) is 10.9. The lowest BCUT2D eigenvalue weighted by Crippen LogP contribution is -2.38. The first kappa shape index (κ1) is 26.8. The van der Waals surface area contributed by atoms with Crippen LogP contribution >= 0.6 is 0 Å². The fourth-order valence-corrected chi connectivity index (χ4v) is 5.25. The van der Waals surface area contributed by atoms with Gasteiger partial charge in [0.15, 0.2) is 0 Å². The second-order valence-corrected chi connectivity index (χ2v) is 11.6. The van der Waals surface area contributed by atoms with Crippen molar-refractivity contribution >= 4 is 43.0 Å². The van der Waals surface area contributed by atoms with Gasteiger partial charge in [-0.1, -0.05) is 24.3 Å². The average molecular weight is 534 g/mol. The third-order valence-electron chi connectivity index (χ3n) is 5.26. The van der Waals surface area contributed by atoms with Crippen LogP contribution in [0.3, 0.4) is 0 Å². The lowest BCUT2D eigenvalue weighted by atomic mass is 10.2. The highest BCUT2D eigenvalue weighted by Gasteiger charge is 2.30. The molecule has 1 N–H and O–H groups in total. The van der Waals surface area contributed by atoms with Crippen LogP contribution in [-0.2, 0) is 24.8 Å². The SMILES string of the molecule is COc1ccc(OC)c(N(CC(=O)Nc2cccc(N(C)S(C)(=O)=O)c2)S(=O)(=O)c2ccccc2)c1. The van der Waals surface area contributed by atoms with Crippen LogP contribution in [0.4, 0.5) is 17.1 Å². The van der Waals surface area contributed by atoms with Crippen molar-refractivity contribution in [2.24, 2.45) is 0 Å². The number of rotatable bonds is 10. The zero-order valence-corrected chi connectivity index (χ0v) is 21.8. The molecule has 3 aromatic carbocycles. The number of anilines is 3. The number of sulfonamides is 2. The fourth-order valence-electron chi connectivity index (χ4n) is 3.31. The summed E-state index contributed by atoms with van der Waals surface area (Å²) < 4.78 is 63.6. The molecule has 0 unspecified atom stereocenters. The molecule has 0 atom stereocenters. The van der Waals surface area contributed by atoms with E-state index in [2.05, 4.69) is 5.32 Å². The third kappa shape index (κ3) is 6.07. The fraction of sp³-hybridized carbons (Fsp3) is 0.208. The van der Waals surface area contributed by atoms with Crippen molar-refractivity contribution in [3.8, 4) is 11.5 Å². The summed E-state index contributed by atoms with van der Waals surface area (Å²) in [5.41, 5.74) is 0.739. The summed E-state index contributed by atoms with van der Waals surface area (Å²) in [5, 5.41) is 2.64. The van der Waals surface area contributed by atoms with Gasteiger partial charge in [-0.15, -0.1) is 0 Å². The molecule has 0 aromatic heterocycles. The minimum absolute atomic E-state index is 0.0144. The molecule has 0 saturated carbocycles. The summed E-state index contributed by atoms with van der Waals surface area (Å²) in [6, 6.07) is 18.5. The number of carbonyl (C=O) groups excluding carboxylic acids is 1. The van der Waals surface area contributed by atoms with E-state index < -0.39 is 32.5 Å². The molecule has 0 fully saturated rings. The van der Waals surface area contributed by atoms with Crippen LogP contribution in [0, 0.1) is 0 Å². The predicted molar refractivity (Wildman–Crippen MR) is 139 cm³/mol. The lowest BCUT2D eigenvalue weighted by Gasteiger charge is -2.26. The summed E-state index contributed by atoms with van der Waals surface area (Å²) in [5.74, 6) is -0.0607. The number of hydrogen-bond donors (Lipinski definition) is 1. The molecule has 0 heterocycles. The predicted octanol–water partition coefficient (Wildman–Crippen LogP) is 2.93. The van der Waals surface area contributed by atoms with Crippen molar-refractivity contribution in [1.82, 2.24) is 0 Å². The topological polar surface area (TPSA) is 122 Å². The summed E-state index contributed by atoms with van der Waals surface area (Å²) >= 11 is 0. The van der Waals surface area contributed by atoms with Crippen LogP contribution < -0.4 is 23.4 Å². The van der Waals surface area contributed by atoms with E-state index in [0.29, 0.717) is 17.1 Å². The second-order valence-electron chi connectivity index (χ2n) is 7.69. The molecular weight excluding hydrogens is 506 g/mol. The lowest BCUT2D eigenvalue weighted by molar-refractivity contribution is -0.114. The molecule has 0 saturated heterocycles. The summed E-state index contributed by atoms with van der Waals surface area (Å²) in [6.07, 6.45) is 1.06. The smallest absolute Gasteiger partial charge is 0.264 e. The standard InChI is InChI=1S/C24H27N3O7S2/c1-26(35(4,29)30)19-10-8-9-18(15-19)25-24(28)17-27(36(31,32)21-11-6-5-7-12-21)22-16-20(33-2)13-14-23(22)34-3/h5-16H,17H2,1-4H3,(H,25,28). The first-order valence-electron chi connectivity index (χ1n) is 10.6. The Bertz CT molecular complexity index is 1440. The Morgan fingerprint density at radius 3 is 2.19 bits per heavy atom. The van der Waals surface area contributed by atoms with Gasteiger partial charge in [-0.25, -0.2) is 16.8 Å². The van der Waals surface area contributed by atoms with Gasteiger partial charge in [-0.2, -0.15) is 0 Å². The molecular formula is C24H27N3O7S2. The van der Waals surface area contributed by atoms with Crippen LogP contribution in [0.5, 0.6) is 11.5 Å². The molecule has 3 aromatic rings. The van der Waals surface area contributed by atoms with Gasteiger partial charge in [0.2, 0.25) is 15.9 Å². The van der Waals surface area contributed by atoms with Gasteiger partial charge in [0.05, 0.1) is 36.7 Å². The highest BCUT2D eigenvalue weighted by atomic mass is 32.2. The minimum atomic E-state index is -4.19. The first-order chi connectivity index (χ1) is 17.0. The number of ether oxygens (including phenoxy) is 2. The Morgan fingerprint density at radius 2 is 1.58 bits per heavy atom. The van der Waals surface area contributed by atoms with Gasteiger partial charge < -0.3 is 14.8 Å². The first-order valence-corrected chi connectivity index (χ1v) is 13.9. The van der Waals surface area contributed by atoms with Crippen LogP contribution in [-0.4, -0.2) is 56.8 Å². The molecule has 10 nitrogen and oxygen atoms in total. The van der Waals surface area contributed by atoms with E-state index in [1.165, 1.54) is 45.5 Å². The molecule has 0 aliphatic heterocycles. The van der Waals surface area contributed by atoms with Gasteiger partial charge in [-0.3, -0.25) is 13.4 Å². The van der Waals surface area contributed by atoms with E-state index in [1.807, 2.05) is 0 Å². The van der Waals surface area contributed by atoms with Gasteiger partial charge >= 0.3 is 0 Å². The Labute approximate surface area is 211 Å². The van der Waals surface area contributed by atoms with E-state index in [-0.39, 0.29) is 16.3 Å². The van der Waals surface area contributed by atoms with E-state index in [9.17, 15) is 21.6 Å². The maximum absolute atomic E-state index is 13.6. The molecule has 0 spiro atoms. The average Bonchev–Trinajstić information content (AvgIpc) is 2.86. The van der Waals surface area contributed by atoms with E-state index in [4.69, 9.17) is 9.47 Å². The highest BCUT2D eigenvalue weighted by molar-refractivity contribution is 7.93.